The number of rotatable bonds is 10. The molecule has 0 spiro atoms. The lowest BCUT2D eigenvalue weighted by Gasteiger charge is -2.25. The van der Waals surface area contributed by atoms with E-state index in [4.69, 9.17) is 4.74 Å². The van der Waals surface area contributed by atoms with Gasteiger partial charge in [0, 0.05) is 23.5 Å². The number of unbranched alkanes of at least 4 members (excludes halogenated alkanes) is 2. The van der Waals surface area contributed by atoms with Gasteiger partial charge in [0.25, 0.3) is 0 Å². The van der Waals surface area contributed by atoms with Gasteiger partial charge in [0.15, 0.2) is 5.82 Å². The maximum absolute atomic E-state index is 15.0. The fraction of sp³-hybridized carbons (Fsp3) is 0.235. The molecule has 0 fully saturated rings. The molecule has 0 unspecified atom stereocenters. The molecular weight excluding hydrogens is 566 g/mol. The number of nitrogens with zero attached hydrogens (tertiary/aromatic N) is 2. The molecule has 1 aliphatic rings. The molecule has 9 heteroatoms. The van der Waals surface area contributed by atoms with Crippen molar-refractivity contribution >= 4 is 5.57 Å². The highest BCUT2D eigenvalue weighted by molar-refractivity contribution is 5.80. The highest BCUT2D eigenvalue weighted by atomic mass is 19.3. The summed E-state index contributed by atoms with van der Waals surface area (Å²) in [5.74, 6) is -3.06. The molecule has 0 N–H and O–H groups in total. The lowest BCUT2D eigenvalue weighted by atomic mass is 9.94. The summed E-state index contributed by atoms with van der Waals surface area (Å²) in [6, 6.07) is 11.8. The second kappa shape index (κ2) is 13.0. The Morgan fingerprint density at radius 3 is 2.05 bits per heavy atom. The Hall–Kier alpha value is -4.24. The number of hydrogen-bond donors (Lipinski definition) is 0. The van der Waals surface area contributed by atoms with E-state index < -0.39 is 41.1 Å². The highest BCUT2D eigenvalue weighted by Gasteiger charge is 2.36. The number of alkyl halides is 2. The van der Waals surface area contributed by atoms with Gasteiger partial charge in [-0.1, -0.05) is 50.1 Å². The van der Waals surface area contributed by atoms with Crippen molar-refractivity contribution in [3.8, 4) is 22.5 Å². The number of aromatic nitrogens is 2. The Morgan fingerprint density at radius 2 is 1.44 bits per heavy atom. The maximum atomic E-state index is 15.0. The van der Waals surface area contributed by atoms with Crippen LogP contribution in [0.25, 0.3) is 28.1 Å². The first-order chi connectivity index (χ1) is 20.6. The van der Waals surface area contributed by atoms with E-state index in [1.165, 1.54) is 42.5 Å². The van der Waals surface area contributed by atoms with E-state index in [0.29, 0.717) is 11.4 Å². The van der Waals surface area contributed by atoms with Gasteiger partial charge in [-0.15, -0.1) is 0 Å². The first kappa shape index (κ1) is 30.2. The average molecular weight is 595 g/mol. The third kappa shape index (κ3) is 7.05. The van der Waals surface area contributed by atoms with Gasteiger partial charge in [0.1, 0.15) is 23.3 Å². The minimum atomic E-state index is -3.75. The Bertz CT molecular complexity index is 1610. The second-order valence-corrected chi connectivity index (χ2v) is 10.3. The summed E-state index contributed by atoms with van der Waals surface area (Å²) in [6.45, 7) is 2.13. The van der Waals surface area contributed by atoms with Crippen molar-refractivity contribution in [3.05, 3.63) is 125 Å². The average Bonchev–Trinajstić information content (AvgIpc) is 2.98. The van der Waals surface area contributed by atoms with Gasteiger partial charge in [0.2, 0.25) is 0 Å². The van der Waals surface area contributed by atoms with Crippen LogP contribution in [0.2, 0.25) is 0 Å². The lowest BCUT2D eigenvalue weighted by Crippen LogP contribution is -2.26. The van der Waals surface area contributed by atoms with Crippen molar-refractivity contribution < 1.29 is 31.1 Å². The van der Waals surface area contributed by atoms with Crippen molar-refractivity contribution in [2.45, 2.75) is 51.2 Å². The van der Waals surface area contributed by atoms with E-state index in [1.807, 2.05) is 0 Å². The van der Waals surface area contributed by atoms with Gasteiger partial charge < -0.3 is 4.74 Å². The van der Waals surface area contributed by atoms with Crippen molar-refractivity contribution in [2.24, 2.45) is 0 Å². The highest BCUT2D eigenvalue weighted by Crippen LogP contribution is 2.38. The molecule has 5 rings (SSSR count). The number of allylic oxidation sites excluding steroid dienone is 2. The Balaban J connectivity index is 1.25. The first-order valence-corrected chi connectivity index (χ1v) is 13.9. The molecule has 43 heavy (non-hydrogen) atoms. The molecule has 3 nitrogen and oxygen atoms in total. The zero-order chi connectivity index (χ0) is 30.6. The van der Waals surface area contributed by atoms with E-state index in [9.17, 15) is 13.2 Å². The Morgan fingerprint density at radius 1 is 0.814 bits per heavy atom. The standard InChI is InChI=1S/C34H28F6N2O/c1-2-3-4-5-21-19-41-33(42-20-21)23-6-10-25(11-7-23)34(39,40)43-27-14-15-28(29(36)18-27)24-16-30(37)32(31(38)17-24)22-8-12-26(35)13-9-22/h6-13,15-20,27H,2-5,14H2,1H3/t27-/m1/s1. The molecule has 1 aromatic heterocycles. The zero-order valence-corrected chi connectivity index (χ0v) is 23.3. The quantitative estimate of drug-likeness (QED) is 0.135. The van der Waals surface area contributed by atoms with Gasteiger partial charge in [-0.25, -0.2) is 27.5 Å². The maximum Gasteiger partial charge on any atom is 0.383 e. The number of hydrogen-bond acceptors (Lipinski definition) is 3. The van der Waals surface area contributed by atoms with Crippen molar-refractivity contribution in [1.82, 2.24) is 9.97 Å². The van der Waals surface area contributed by atoms with E-state index >= 15 is 13.2 Å². The number of ether oxygens (including phenoxy) is 1. The predicted octanol–water partition coefficient (Wildman–Crippen LogP) is 9.74. The van der Waals surface area contributed by atoms with Crippen molar-refractivity contribution in [2.75, 3.05) is 0 Å². The van der Waals surface area contributed by atoms with E-state index in [2.05, 4.69) is 16.9 Å². The zero-order valence-electron chi connectivity index (χ0n) is 23.3. The number of benzene rings is 3. The molecular formula is C34H28F6N2O. The monoisotopic (exact) mass is 594 g/mol. The van der Waals surface area contributed by atoms with Crippen LogP contribution in [0, 0.1) is 17.5 Å². The fourth-order valence-corrected chi connectivity index (χ4v) is 4.89. The van der Waals surface area contributed by atoms with Gasteiger partial charge in [-0.2, -0.15) is 8.78 Å². The van der Waals surface area contributed by atoms with Gasteiger partial charge in [-0.05, 0) is 78.4 Å². The molecule has 0 bridgehead atoms. The minimum Gasteiger partial charge on any atom is -0.309 e. The van der Waals surface area contributed by atoms with Crippen LogP contribution in [0.3, 0.4) is 0 Å². The molecule has 4 aromatic rings. The summed E-state index contributed by atoms with van der Waals surface area (Å²) in [4.78, 5) is 8.68. The van der Waals surface area contributed by atoms with Crippen LogP contribution in [0.5, 0.6) is 0 Å². The third-order valence-electron chi connectivity index (χ3n) is 7.18. The van der Waals surface area contributed by atoms with Crippen LogP contribution in [0.4, 0.5) is 26.3 Å². The molecule has 0 amide bonds. The van der Waals surface area contributed by atoms with Gasteiger partial charge in [-0.3, -0.25) is 0 Å². The molecule has 0 saturated heterocycles. The molecule has 1 heterocycles. The Labute approximate surface area is 245 Å². The number of aryl methyl sites for hydroxylation is 1. The normalized spacial score (nSPS) is 15.3. The SMILES string of the molecule is CCCCCc1cnc(-c2ccc(C(F)(F)O[C@H]3C=C(F)C(c4cc(F)c(-c5ccc(F)cc5)c(F)c4)=CC3)cc2)nc1. The molecule has 0 aliphatic heterocycles. The molecule has 0 radical (unpaired) electrons. The van der Waals surface area contributed by atoms with Crippen LogP contribution in [-0.2, 0) is 17.3 Å². The van der Waals surface area contributed by atoms with Gasteiger partial charge in [0.05, 0.1) is 17.2 Å². The van der Waals surface area contributed by atoms with Crippen LogP contribution in [0.15, 0.2) is 91.0 Å². The topological polar surface area (TPSA) is 35.0 Å². The second-order valence-electron chi connectivity index (χ2n) is 10.3. The van der Waals surface area contributed by atoms with E-state index in [-0.39, 0.29) is 28.7 Å². The number of halogens is 6. The first-order valence-electron chi connectivity index (χ1n) is 13.9. The molecule has 1 atom stereocenters. The molecule has 222 valence electrons. The summed E-state index contributed by atoms with van der Waals surface area (Å²) in [6.07, 6.45) is 4.51. The fourth-order valence-electron chi connectivity index (χ4n) is 4.89. The van der Waals surface area contributed by atoms with Gasteiger partial charge >= 0.3 is 6.11 Å². The van der Waals surface area contributed by atoms with E-state index in [0.717, 1.165) is 61.6 Å². The van der Waals surface area contributed by atoms with Crippen LogP contribution in [0.1, 0.15) is 49.3 Å². The van der Waals surface area contributed by atoms with Crippen molar-refractivity contribution in [3.63, 3.8) is 0 Å². The third-order valence-corrected chi connectivity index (χ3v) is 7.18. The van der Waals surface area contributed by atoms with Crippen LogP contribution < -0.4 is 0 Å². The van der Waals surface area contributed by atoms with Crippen LogP contribution >= 0.6 is 0 Å². The summed E-state index contributed by atoms with van der Waals surface area (Å²) in [5, 5.41) is 0. The molecule has 3 aromatic carbocycles. The minimum absolute atomic E-state index is 0.105. The smallest absolute Gasteiger partial charge is 0.309 e. The van der Waals surface area contributed by atoms with Crippen LogP contribution in [-0.4, -0.2) is 16.1 Å². The summed E-state index contributed by atoms with van der Waals surface area (Å²) < 4.78 is 92.9. The largest absolute Gasteiger partial charge is 0.383 e. The summed E-state index contributed by atoms with van der Waals surface area (Å²) >= 11 is 0. The van der Waals surface area contributed by atoms with E-state index in [1.54, 1.807) is 12.4 Å². The summed E-state index contributed by atoms with van der Waals surface area (Å²) in [5.41, 5.74) is 0.609. The van der Waals surface area contributed by atoms with Crippen molar-refractivity contribution in [1.29, 1.82) is 0 Å². The molecule has 0 saturated carbocycles. The predicted molar refractivity (Wildman–Crippen MR) is 153 cm³/mol. The lowest BCUT2D eigenvalue weighted by molar-refractivity contribution is -0.264. The molecule has 1 aliphatic carbocycles. The Kier molecular flexibility index (Phi) is 9.11. The summed E-state index contributed by atoms with van der Waals surface area (Å²) in [7, 11) is 0.